The number of nitrogens with zero attached hydrogens (tertiary/aromatic N) is 2. The Bertz CT molecular complexity index is 447. The van der Waals surface area contributed by atoms with Gasteiger partial charge in [0.2, 0.25) is 0 Å². The summed E-state index contributed by atoms with van der Waals surface area (Å²) in [6, 6.07) is 1.61. The van der Waals surface area contributed by atoms with Gasteiger partial charge in [-0.1, -0.05) is 23.2 Å². The van der Waals surface area contributed by atoms with E-state index in [-0.39, 0.29) is 5.15 Å². The van der Waals surface area contributed by atoms with Crippen LogP contribution in [-0.2, 0) is 4.79 Å². The number of pyridine rings is 1. The average molecular weight is 275 g/mol. The summed E-state index contributed by atoms with van der Waals surface area (Å²) in [7, 11) is 0. The lowest BCUT2D eigenvalue weighted by atomic mass is 9.99. The van der Waals surface area contributed by atoms with Crippen molar-refractivity contribution in [2.24, 2.45) is 0 Å². The first-order chi connectivity index (χ1) is 7.97. The molecule has 0 aromatic carbocycles. The lowest BCUT2D eigenvalue weighted by Crippen LogP contribution is -2.48. The van der Waals surface area contributed by atoms with Gasteiger partial charge in [-0.25, -0.2) is 9.78 Å². The summed E-state index contributed by atoms with van der Waals surface area (Å²) >= 11 is 12.1. The maximum absolute atomic E-state index is 11.4. The van der Waals surface area contributed by atoms with Crippen LogP contribution in [0.3, 0.4) is 0 Å². The largest absolute Gasteiger partial charge is 0.480 e. The molecule has 1 atom stereocenters. The van der Waals surface area contributed by atoms with Crippen molar-refractivity contribution in [1.82, 2.24) is 4.98 Å². The summed E-state index contributed by atoms with van der Waals surface area (Å²) in [4.78, 5) is 17.1. The van der Waals surface area contributed by atoms with Crippen molar-refractivity contribution in [3.8, 4) is 0 Å². The van der Waals surface area contributed by atoms with E-state index in [0.29, 0.717) is 23.7 Å². The fourth-order valence-electron chi connectivity index (χ4n) is 2.19. The molecule has 0 bridgehead atoms. The molecular weight excluding hydrogens is 263 g/mol. The minimum absolute atomic E-state index is 0.242. The zero-order valence-electron chi connectivity index (χ0n) is 9.28. The van der Waals surface area contributed by atoms with E-state index in [0.717, 1.165) is 6.42 Å². The van der Waals surface area contributed by atoms with E-state index in [1.807, 2.05) is 0 Å². The summed E-state index contributed by atoms with van der Waals surface area (Å²) in [5.74, 6) is -0.869. The number of hydrogen-bond acceptors (Lipinski definition) is 3. The molecule has 6 heteroatoms. The maximum Gasteiger partial charge on any atom is 0.329 e. The van der Waals surface area contributed by atoms with Crippen LogP contribution in [-0.4, -0.2) is 28.1 Å². The van der Waals surface area contributed by atoms with E-state index >= 15 is 0 Å². The van der Waals surface area contributed by atoms with Crippen molar-refractivity contribution < 1.29 is 9.90 Å². The first-order valence-electron chi connectivity index (χ1n) is 5.28. The van der Waals surface area contributed by atoms with E-state index < -0.39 is 11.5 Å². The van der Waals surface area contributed by atoms with E-state index in [4.69, 9.17) is 23.2 Å². The Hall–Kier alpha value is -1.00. The molecule has 17 heavy (non-hydrogen) atoms. The molecule has 0 saturated carbocycles. The van der Waals surface area contributed by atoms with Gasteiger partial charge in [-0.3, -0.25) is 0 Å². The number of halogens is 2. The Morgan fingerprint density at radius 3 is 2.88 bits per heavy atom. The zero-order chi connectivity index (χ0) is 12.6. The van der Waals surface area contributed by atoms with Crippen molar-refractivity contribution in [2.45, 2.75) is 25.3 Å². The van der Waals surface area contributed by atoms with Gasteiger partial charge in [-0.2, -0.15) is 0 Å². The van der Waals surface area contributed by atoms with Gasteiger partial charge in [-0.05, 0) is 25.8 Å². The Morgan fingerprint density at radius 2 is 2.29 bits per heavy atom. The van der Waals surface area contributed by atoms with Crippen LogP contribution < -0.4 is 4.90 Å². The Morgan fingerprint density at radius 1 is 1.59 bits per heavy atom. The van der Waals surface area contributed by atoms with Gasteiger partial charge >= 0.3 is 5.97 Å². The minimum Gasteiger partial charge on any atom is -0.480 e. The summed E-state index contributed by atoms with van der Waals surface area (Å²) in [5.41, 5.74) is -0.450. The van der Waals surface area contributed by atoms with E-state index in [1.54, 1.807) is 17.9 Å². The Kier molecular flexibility index (Phi) is 3.19. The van der Waals surface area contributed by atoms with Crippen LogP contribution in [0.25, 0.3) is 0 Å². The van der Waals surface area contributed by atoms with Gasteiger partial charge in [0.25, 0.3) is 0 Å². The van der Waals surface area contributed by atoms with Crippen molar-refractivity contribution in [2.75, 3.05) is 11.4 Å². The monoisotopic (exact) mass is 274 g/mol. The molecule has 0 spiro atoms. The third-order valence-corrected chi connectivity index (χ3v) is 3.78. The quantitative estimate of drug-likeness (QED) is 0.843. The normalized spacial score (nSPS) is 24.1. The van der Waals surface area contributed by atoms with Gasteiger partial charge in [0, 0.05) is 12.7 Å². The van der Waals surface area contributed by atoms with Crippen LogP contribution in [0, 0.1) is 0 Å². The molecular formula is C11H12Cl2N2O2. The molecule has 1 saturated heterocycles. The third kappa shape index (κ3) is 1.96. The smallest absolute Gasteiger partial charge is 0.329 e. The molecule has 1 fully saturated rings. The number of carboxylic acid groups (broad SMARTS) is 1. The minimum atomic E-state index is -0.962. The summed E-state index contributed by atoms with van der Waals surface area (Å²) in [6.07, 6.45) is 2.87. The number of hydrogen-bond donors (Lipinski definition) is 1. The van der Waals surface area contributed by atoms with E-state index in [1.165, 1.54) is 6.20 Å². The number of carbonyl (C=O) groups is 1. The predicted octanol–water partition coefficient (Wildman–Crippen LogP) is 2.83. The fourth-order valence-corrected chi connectivity index (χ4v) is 2.75. The molecule has 2 rings (SSSR count). The fraction of sp³-hybridized carbons (Fsp3) is 0.455. The van der Waals surface area contributed by atoms with Crippen LogP contribution in [0.4, 0.5) is 5.69 Å². The van der Waals surface area contributed by atoms with E-state index in [2.05, 4.69) is 4.98 Å². The highest BCUT2D eigenvalue weighted by molar-refractivity contribution is 6.38. The number of carboxylic acids is 1. The lowest BCUT2D eigenvalue weighted by Gasteiger charge is -2.33. The molecule has 2 heterocycles. The maximum atomic E-state index is 11.4. The molecule has 1 N–H and O–H groups in total. The Balaban J connectivity index is 2.50. The molecule has 0 amide bonds. The van der Waals surface area contributed by atoms with Crippen molar-refractivity contribution in [3.05, 3.63) is 22.4 Å². The van der Waals surface area contributed by atoms with Gasteiger partial charge in [0.1, 0.15) is 5.54 Å². The average Bonchev–Trinajstić information content (AvgIpc) is 2.62. The second-order valence-corrected chi connectivity index (χ2v) is 5.03. The van der Waals surface area contributed by atoms with Crippen LogP contribution in [0.2, 0.25) is 10.2 Å². The standard InChI is InChI=1S/C11H12Cl2N2O2/c1-11(10(16)17)4-2-6-15(11)8-7(12)3-5-14-9(8)13/h3,5H,2,4,6H2,1H3,(H,16,17). The Labute approximate surface area is 109 Å². The lowest BCUT2D eigenvalue weighted by molar-refractivity contribution is -0.142. The third-order valence-electron chi connectivity index (χ3n) is 3.20. The molecule has 1 unspecified atom stereocenters. The van der Waals surface area contributed by atoms with Crippen LogP contribution in [0.1, 0.15) is 19.8 Å². The molecule has 1 aliphatic heterocycles. The number of aliphatic carboxylic acids is 1. The van der Waals surface area contributed by atoms with Gasteiger partial charge in [0.05, 0.1) is 10.7 Å². The molecule has 92 valence electrons. The first-order valence-corrected chi connectivity index (χ1v) is 6.03. The van der Waals surface area contributed by atoms with E-state index in [9.17, 15) is 9.90 Å². The zero-order valence-corrected chi connectivity index (χ0v) is 10.8. The van der Waals surface area contributed by atoms with Crippen LogP contribution >= 0.6 is 23.2 Å². The highest BCUT2D eigenvalue weighted by Crippen LogP contribution is 2.41. The van der Waals surface area contributed by atoms with Gasteiger partial charge < -0.3 is 10.0 Å². The molecule has 0 radical (unpaired) electrons. The first kappa shape index (κ1) is 12.5. The summed E-state index contributed by atoms with van der Waals surface area (Å²) < 4.78 is 0. The molecule has 4 nitrogen and oxygen atoms in total. The van der Waals surface area contributed by atoms with Crippen LogP contribution in [0.15, 0.2) is 12.3 Å². The number of rotatable bonds is 2. The van der Waals surface area contributed by atoms with Crippen molar-refractivity contribution >= 4 is 34.9 Å². The summed E-state index contributed by atoms with van der Waals surface area (Å²) in [5, 5.41) is 10.0. The van der Waals surface area contributed by atoms with Crippen molar-refractivity contribution in [3.63, 3.8) is 0 Å². The molecule has 0 aliphatic carbocycles. The second-order valence-electron chi connectivity index (χ2n) is 4.27. The summed E-state index contributed by atoms with van der Waals surface area (Å²) in [6.45, 7) is 2.30. The van der Waals surface area contributed by atoms with Crippen molar-refractivity contribution in [1.29, 1.82) is 0 Å². The topological polar surface area (TPSA) is 53.4 Å². The number of aromatic nitrogens is 1. The van der Waals surface area contributed by atoms with Crippen LogP contribution in [0.5, 0.6) is 0 Å². The van der Waals surface area contributed by atoms with Gasteiger partial charge in [0.15, 0.2) is 5.15 Å². The highest BCUT2D eigenvalue weighted by atomic mass is 35.5. The molecule has 1 aromatic rings. The highest BCUT2D eigenvalue weighted by Gasteiger charge is 2.44. The second kappa shape index (κ2) is 4.35. The molecule has 1 aromatic heterocycles. The SMILES string of the molecule is CC1(C(=O)O)CCCN1c1c(Cl)ccnc1Cl. The predicted molar refractivity (Wildman–Crippen MR) is 66.9 cm³/mol. The van der Waals surface area contributed by atoms with Gasteiger partial charge in [-0.15, -0.1) is 0 Å². The molecule has 1 aliphatic rings. The number of anilines is 1.